The molecule has 3 atom stereocenters. The van der Waals surface area contributed by atoms with Crippen molar-refractivity contribution in [2.24, 2.45) is 11.8 Å². The molecule has 0 bridgehead atoms. The zero-order valence-electron chi connectivity index (χ0n) is 15.1. The number of nitrogens with zero attached hydrogens (tertiary/aromatic N) is 4. The van der Waals surface area contributed by atoms with Gasteiger partial charge in [0.15, 0.2) is 5.66 Å². The van der Waals surface area contributed by atoms with Crippen molar-refractivity contribution in [2.45, 2.75) is 12.6 Å². The Balaban J connectivity index is 1.72. The molecule has 5 rings (SSSR count). The van der Waals surface area contributed by atoms with Crippen molar-refractivity contribution in [1.82, 2.24) is 19.4 Å². The van der Waals surface area contributed by atoms with Gasteiger partial charge in [0, 0.05) is 24.0 Å². The molecule has 3 aliphatic rings. The topological polar surface area (TPSA) is 66.4 Å². The number of allylic oxidation sites excluding steroid dienone is 2. The second-order valence-corrected chi connectivity index (χ2v) is 8.38. The van der Waals surface area contributed by atoms with Crippen LogP contribution in [0, 0.1) is 18.8 Å². The second-order valence-electron chi connectivity index (χ2n) is 7.19. The minimum atomic E-state index is -0.874. The standard InChI is InChI=1S/C20H17ClN4O2S/c1-12-17(28-23-22-12)19(27)25-11-10-24-18(26)15-4-2-3-5-16(15)20(24,25)13-6-8-14(21)9-7-13/h2-9,15-16H,10-11H2,1H3. The first kappa shape index (κ1) is 17.6. The maximum atomic E-state index is 13.5. The summed E-state index contributed by atoms with van der Waals surface area (Å²) in [5, 5.41) is 4.61. The van der Waals surface area contributed by atoms with Gasteiger partial charge in [0.1, 0.15) is 4.88 Å². The van der Waals surface area contributed by atoms with Crippen LogP contribution < -0.4 is 0 Å². The molecular weight excluding hydrogens is 396 g/mol. The maximum Gasteiger partial charge on any atom is 0.269 e. The Kier molecular flexibility index (Phi) is 3.93. The Hall–Kier alpha value is -2.51. The van der Waals surface area contributed by atoms with Crippen molar-refractivity contribution in [3.8, 4) is 0 Å². The van der Waals surface area contributed by atoms with Crippen molar-refractivity contribution >= 4 is 34.9 Å². The number of rotatable bonds is 2. The third-order valence-corrected chi connectivity index (χ3v) is 6.95. The van der Waals surface area contributed by atoms with Gasteiger partial charge in [-0.2, -0.15) is 0 Å². The van der Waals surface area contributed by atoms with Crippen molar-refractivity contribution in [3.05, 3.63) is 69.7 Å². The van der Waals surface area contributed by atoms with Gasteiger partial charge in [0.2, 0.25) is 5.91 Å². The highest BCUT2D eigenvalue weighted by atomic mass is 35.5. The summed E-state index contributed by atoms with van der Waals surface area (Å²) in [7, 11) is 0. The lowest BCUT2D eigenvalue weighted by atomic mass is 9.78. The number of fused-ring (bicyclic) bond motifs is 3. The monoisotopic (exact) mass is 412 g/mol. The highest BCUT2D eigenvalue weighted by molar-refractivity contribution is 7.08. The predicted octanol–water partition coefficient (Wildman–Crippen LogP) is 3.01. The normalized spacial score (nSPS) is 28.0. The number of carbonyl (C=O) groups is 2. The van der Waals surface area contributed by atoms with Crippen LogP contribution in [-0.4, -0.2) is 44.3 Å². The molecule has 142 valence electrons. The molecule has 3 heterocycles. The first-order valence-corrected chi connectivity index (χ1v) is 10.2. The quantitative estimate of drug-likeness (QED) is 0.760. The van der Waals surface area contributed by atoms with E-state index >= 15 is 0 Å². The fraction of sp³-hybridized carbons (Fsp3) is 0.300. The van der Waals surface area contributed by atoms with Gasteiger partial charge in [0.25, 0.3) is 5.91 Å². The first-order chi connectivity index (χ1) is 13.5. The second kappa shape index (κ2) is 6.25. The average Bonchev–Trinajstić information content (AvgIpc) is 3.37. The number of amides is 2. The van der Waals surface area contributed by atoms with Crippen molar-refractivity contribution in [1.29, 1.82) is 0 Å². The van der Waals surface area contributed by atoms with E-state index in [9.17, 15) is 9.59 Å². The smallest absolute Gasteiger partial charge is 0.269 e. The van der Waals surface area contributed by atoms with Gasteiger partial charge in [-0.1, -0.05) is 52.5 Å². The lowest BCUT2D eigenvalue weighted by molar-refractivity contribution is -0.132. The molecule has 0 saturated carbocycles. The molecule has 1 aliphatic carbocycles. The van der Waals surface area contributed by atoms with E-state index in [1.165, 1.54) is 0 Å². The average molecular weight is 413 g/mol. The van der Waals surface area contributed by atoms with Crippen LogP contribution in [0.4, 0.5) is 0 Å². The van der Waals surface area contributed by atoms with Crippen LogP contribution in [0.3, 0.4) is 0 Å². The molecular formula is C20H17ClN4O2S. The van der Waals surface area contributed by atoms with E-state index in [2.05, 4.69) is 9.59 Å². The Bertz CT molecular complexity index is 1030. The molecule has 2 aliphatic heterocycles. The lowest BCUT2D eigenvalue weighted by Gasteiger charge is -2.43. The van der Waals surface area contributed by atoms with Crippen molar-refractivity contribution < 1.29 is 9.59 Å². The van der Waals surface area contributed by atoms with Crippen LogP contribution in [0.5, 0.6) is 0 Å². The van der Waals surface area contributed by atoms with E-state index in [1.54, 1.807) is 6.92 Å². The Morgan fingerprint density at radius 1 is 1.21 bits per heavy atom. The van der Waals surface area contributed by atoms with E-state index in [0.717, 1.165) is 17.1 Å². The van der Waals surface area contributed by atoms with E-state index in [-0.39, 0.29) is 23.7 Å². The molecule has 0 spiro atoms. The van der Waals surface area contributed by atoms with E-state index in [4.69, 9.17) is 11.6 Å². The minimum absolute atomic E-state index is 0.0509. The van der Waals surface area contributed by atoms with Gasteiger partial charge in [-0.3, -0.25) is 9.59 Å². The number of carbonyl (C=O) groups excluding carboxylic acids is 2. The third kappa shape index (κ3) is 2.20. The van der Waals surface area contributed by atoms with Gasteiger partial charge < -0.3 is 9.80 Å². The molecule has 28 heavy (non-hydrogen) atoms. The zero-order chi connectivity index (χ0) is 19.5. The van der Waals surface area contributed by atoms with Gasteiger partial charge in [-0.25, -0.2) is 0 Å². The molecule has 6 nitrogen and oxygen atoms in total. The summed E-state index contributed by atoms with van der Waals surface area (Å²) in [4.78, 5) is 31.0. The maximum absolute atomic E-state index is 13.5. The fourth-order valence-corrected chi connectivity index (χ4v) is 5.47. The largest absolute Gasteiger partial charge is 0.312 e. The van der Waals surface area contributed by atoms with Crippen LogP contribution in [-0.2, 0) is 10.5 Å². The summed E-state index contributed by atoms with van der Waals surface area (Å²) < 4.78 is 3.92. The number of aromatic nitrogens is 2. The molecule has 2 aromatic rings. The Morgan fingerprint density at radius 2 is 1.96 bits per heavy atom. The summed E-state index contributed by atoms with van der Waals surface area (Å²) >= 11 is 7.22. The summed E-state index contributed by atoms with van der Waals surface area (Å²) in [6.07, 6.45) is 7.84. The van der Waals surface area contributed by atoms with Crippen LogP contribution in [0.25, 0.3) is 0 Å². The summed E-state index contributed by atoms with van der Waals surface area (Å²) in [5.74, 6) is -0.535. The lowest BCUT2D eigenvalue weighted by Crippen LogP contribution is -2.53. The van der Waals surface area contributed by atoms with E-state index in [0.29, 0.717) is 28.7 Å². The summed E-state index contributed by atoms with van der Waals surface area (Å²) in [6.45, 7) is 2.74. The van der Waals surface area contributed by atoms with Crippen LogP contribution in [0.15, 0.2) is 48.6 Å². The van der Waals surface area contributed by atoms with Crippen LogP contribution >= 0.6 is 23.1 Å². The Morgan fingerprint density at radius 3 is 2.68 bits per heavy atom. The Labute approximate surface area is 171 Å². The molecule has 1 aromatic carbocycles. The van der Waals surface area contributed by atoms with Crippen LogP contribution in [0.2, 0.25) is 5.02 Å². The molecule has 8 heteroatoms. The zero-order valence-corrected chi connectivity index (χ0v) is 16.7. The first-order valence-electron chi connectivity index (χ1n) is 9.08. The highest BCUT2D eigenvalue weighted by Crippen LogP contribution is 2.54. The van der Waals surface area contributed by atoms with E-state index in [1.807, 2.05) is 58.4 Å². The molecule has 2 amide bonds. The predicted molar refractivity (Wildman–Crippen MR) is 106 cm³/mol. The van der Waals surface area contributed by atoms with Crippen LogP contribution in [0.1, 0.15) is 20.9 Å². The number of aryl methyl sites for hydroxylation is 1. The number of hydrogen-bond acceptors (Lipinski definition) is 5. The molecule has 2 fully saturated rings. The van der Waals surface area contributed by atoms with Crippen molar-refractivity contribution in [3.63, 3.8) is 0 Å². The summed E-state index contributed by atoms with van der Waals surface area (Å²) in [6, 6.07) is 7.45. The molecule has 0 N–H and O–H groups in total. The molecule has 3 unspecified atom stereocenters. The number of benzene rings is 1. The fourth-order valence-electron chi connectivity index (χ4n) is 4.74. The SMILES string of the molecule is Cc1nnsc1C(=O)N1CCN2C(=O)C3C=CC=CC3C12c1ccc(Cl)cc1. The summed E-state index contributed by atoms with van der Waals surface area (Å²) in [5.41, 5.74) is 0.625. The van der Waals surface area contributed by atoms with Gasteiger partial charge in [0.05, 0.1) is 11.6 Å². The minimum Gasteiger partial charge on any atom is -0.312 e. The molecule has 2 saturated heterocycles. The van der Waals surface area contributed by atoms with Crippen molar-refractivity contribution in [2.75, 3.05) is 13.1 Å². The third-order valence-electron chi connectivity index (χ3n) is 5.88. The van der Waals surface area contributed by atoms with Gasteiger partial charge in [-0.15, -0.1) is 5.10 Å². The van der Waals surface area contributed by atoms with E-state index < -0.39 is 5.66 Å². The van der Waals surface area contributed by atoms with Gasteiger partial charge in [-0.05, 0) is 36.2 Å². The van der Waals surface area contributed by atoms with Gasteiger partial charge >= 0.3 is 0 Å². The molecule has 0 radical (unpaired) electrons. The number of halogens is 1. The number of hydrogen-bond donors (Lipinski definition) is 0. The molecule has 1 aromatic heterocycles. The highest BCUT2D eigenvalue weighted by Gasteiger charge is 2.65.